The van der Waals surface area contributed by atoms with E-state index in [0.29, 0.717) is 0 Å². The minimum absolute atomic E-state index is 0.243. The minimum Gasteiger partial charge on any atom is -0.455 e. The van der Waals surface area contributed by atoms with Gasteiger partial charge in [0, 0.05) is 28.3 Å². The van der Waals surface area contributed by atoms with Gasteiger partial charge in [0.25, 0.3) is 0 Å². The average Bonchev–Trinajstić information content (AvgIpc) is 3.12. The van der Waals surface area contributed by atoms with Crippen molar-refractivity contribution >= 4 is 46.1 Å². The van der Waals surface area contributed by atoms with E-state index in [2.05, 4.69) is 113 Å². The summed E-state index contributed by atoms with van der Waals surface area (Å²) in [5.41, 5.74) is 6.87. The molecule has 0 bridgehead atoms. The maximum Gasteiger partial charge on any atom is 0.216 e. The van der Waals surface area contributed by atoms with Crippen LogP contribution in [0.2, 0.25) is 18.1 Å². The van der Waals surface area contributed by atoms with Gasteiger partial charge in [-0.2, -0.15) is 4.57 Å². The van der Waals surface area contributed by atoms with E-state index in [-0.39, 0.29) is 5.04 Å². The van der Waals surface area contributed by atoms with E-state index in [1.54, 1.807) is 0 Å². The van der Waals surface area contributed by atoms with Crippen molar-refractivity contribution in [1.82, 2.24) is 0 Å². The first-order valence-corrected chi connectivity index (χ1v) is 14.4. The number of furan rings is 1. The van der Waals surface area contributed by atoms with Crippen LogP contribution >= 0.6 is 0 Å². The standard InChI is InChI=1S/C29H32NOSi/c1-19-16-17-21-20-12-9-11-15-25(20)31-28(21)27(19)24-18-26(32(6,7)29(2,3)4)22-13-8-10-14-23(22)30(24)5/h8-18H,1-7H3/q+1. The summed E-state index contributed by atoms with van der Waals surface area (Å²) in [5, 5.41) is 5.49. The number of hydrogen-bond donors (Lipinski definition) is 0. The molecule has 162 valence electrons. The molecule has 2 aromatic heterocycles. The Morgan fingerprint density at radius 2 is 1.47 bits per heavy atom. The molecule has 5 aromatic rings. The van der Waals surface area contributed by atoms with Gasteiger partial charge in [-0.3, -0.25) is 0 Å². The van der Waals surface area contributed by atoms with E-state index in [4.69, 9.17) is 4.42 Å². The normalized spacial score (nSPS) is 12.8. The molecule has 0 aliphatic carbocycles. The second-order valence-corrected chi connectivity index (χ2v) is 15.9. The van der Waals surface area contributed by atoms with Crippen molar-refractivity contribution in [2.45, 2.75) is 45.8 Å². The van der Waals surface area contributed by atoms with Crippen molar-refractivity contribution in [2.75, 3.05) is 0 Å². The number of nitrogens with zero attached hydrogens (tertiary/aromatic N) is 1. The molecule has 0 unspecified atom stereocenters. The highest BCUT2D eigenvalue weighted by molar-refractivity contribution is 6.93. The Bertz CT molecular complexity index is 1500. The number of pyridine rings is 1. The van der Waals surface area contributed by atoms with E-state index in [1.807, 2.05) is 6.07 Å². The molecule has 3 aromatic carbocycles. The van der Waals surface area contributed by atoms with Crippen molar-refractivity contribution in [3.63, 3.8) is 0 Å². The number of fused-ring (bicyclic) bond motifs is 4. The number of para-hydroxylation sites is 2. The molecule has 0 aliphatic rings. The number of hydrogen-bond acceptors (Lipinski definition) is 1. The summed E-state index contributed by atoms with van der Waals surface area (Å²) in [6.07, 6.45) is 0. The summed E-state index contributed by atoms with van der Waals surface area (Å²) in [5.74, 6) is 0. The van der Waals surface area contributed by atoms with Gasteiger partial charge in [0.15, 0.2) is 0 Å². The topological polar surface area (TPSA) is 17.0 Å². The molecular formula is C29H32NOSi+. The Morgan fingerprint density at radius 3 is 2.19 bits per heavy atom. The van der Waals surface area contributed by atoms with Crippen molar-refractivity contribution in [2.24, 2.45) is 7.05 Å². The van der Waals surface area contributed by atoms with Crippen molar-refractivity contribution in [1.29, 1.82) is 0 Å². The molecule has 5 rings (SSSR count). The molecule has 0 N–H and O–H groups in total. The molecule has 0 saturated carbocycles. The van der Waals surface area contributed by atoms with Crippen molar-refractivity contribution in [3.8, 4) is 11.3 Å². The van der Waals surface area contributed by atoms with Gasteiger partial charge in [-0.1, -0.05) is 76.3 Å². The third-order valence-corrected chi connectivity index (χ3v) is 13.3. The summed E-state index contributed by atoms with van der Waals surface area (Å²) in [7, 11) is 0.395. The highest BCUT2D eigenvalue weighted by atomic mass is 28.3. The molecule has 0 spiro atoms. The smallest absolute Gasteiger partial charge is 0.216 e. The zero-order chi connectivity index (χ0) is 22.8. The fourth-order valence-corrected chi connectivity index (χ4v) is 6.99. The first-order valence-electron chi connectivity index (χ1n) is 11.4. The fraction of sp³-hybridized carbons (Fsp3) is 0.276. The monoisotopic (exact) mass is 438 g/mol. The molecule has 2 heterocycles. The average molecular weight is 439 g/mol. The van der Waals surface area contributed by atoms with Gasteiger partial charge in [0.1, 0.15) is 18.2 Å². The first-order chi connectivity index (χ1) is 15.1. The van der Waals surface area contributed by atoms with Gasteiger partial charge < -0.3 is 4.42 Å². The highest BCUT2D eigenvalue weighted by Gasteiger charge is 2.40. The zero-order valence-electron chi connectivity index (χ0n) is 20.2. The number of aryl methyl sites for hydroxylation is 2. The molecular weight excluding hydrogens is 406 g/mol. The molecule has 0 atom stereocenters. The zero-order valence-corrected chi connectivity index (χ0v) is 21.2. The van der Waals surface area contributed by atoms with Gasteiger partial charge in [0.2, 0.25) is 11.2 Å². The molecule has 0 saturated heterocycles. The predicted octanol–water partition coefficient (Wildman–Crippen LogP) is 7.25. The second-order valence-electron chi connectivity index (χ2n) is 10.6. The van der Waals surface area contributed by atoms with Crippen LogP contribution < -0.4 is 9.75 Å². The van der Waals surface area contributed by atoms with Crippen LogP contribution in [0, 0.1) is 6.92 Å². The van der Waals surface area contributed by atoms with Crippen LogP contribution in [0.15, 0.2) is 71.1 Å². The fourth-order valence-electron chi connectivity index (χ4n) is 4.80. The molecule has 0 amide bonds. The SMILES string of the molecule is Cc1ccc2c(oc3ccccc32)c1-c1cc([Si](C)(C)C(C)(C)C)c2ccccc2[n+]1C. The maximum absolute atomic E-state index is 6.48. The predicted molar refractivity (Wildman–Crippen MR) is 139 cm³/mol. The molecule has 0 radical (unpaired) electrons. The van der Waals surface area contributed by atoms with Crippen LogP contribution in [0.25, 0.3) is 44.1 Å². The Labute approximate surface area is 191 Å². The van der Waals surface area contributed by atoms with E-state index in [0.717, 1.165) is 11.2 Å². The Hall–Kier alpha value is -2.91. The van der Waals surface area contributed by atoms with Crippen LogP contribution in [0.4, 0.5) is 0 Å². The maximum atomic E-state index is 6.48. The lowest BCUT2D eigenvalue weighted by Gasteiger charge is -2.37. The van der Waals surface area contributed by atoms with Crippen LogP contribution in [0.3, 0.4) is 0 Å². The first kappa shape index (κ1) is 21.0. The van der Waals surface area contributed by atoms with E-state index >= 15 is 0 Å². The quantitative estimate of drug-likeness (QED) is 0.209. The number of benzene rings is 3. The van der Waals surface area contributed by atoms with E-state index in [9.17, 15) is 0 Å². The molecule has 0 fully saturated rings. The van der Waals surface area contributed by atoms with E-state index < -0.39 is 8.07 Å². The highest BCUT2D eigenvalue weighted by Crippen LogP contribution is 2.40. The third kappa shape index (κ3) is 2.95. The largest absolute Gasteiger partial charge is 0.455 e. The summed E-state index contributed by atoms with van der Waals surface area (Å²) >= 11 is 0. The van der Waals surface area contributed by atoms with Crippen LogP contribution in [0.5, 0.6) is 0 Å². The van der Waals surface area contributed by atoms with Crippen LogP contribution in [0.1, 0.15) is 26.3 Å². The number of aromatic nitrogens is 1. The summed E-state index contributed by atoms with van der Waals surface area (Å²) in [4.78, 5) is 0. The third-order valence-electron chi connectivity index (χ3n) is 7.76. The summed E-state index contributed by atoms with van der Waals surface area (Å²) < 4.78 is 8.82. The van der Waals surface area contributed by atoms with Crippen molar-refractivity contribution in [3.05, 3.63) is 72.3 Å². The lowest BCUT2D eigenvalue weighted by molar-refractivity contribution is -0.633. The Balaban J connectivity index is 1.94. The van der Waals surface area contributed by atoms with Crippen LogP contribution in [-0.4, -0.2) is 8.07 Å². The molecule has 0 aliphatic heterocycles. The van der Waals surface area contributed by atoms with Gasteiger partial charge in [-0.25, -0.2) is 0 Å². The van der Waals surface area contributed by atoms with Gasteiger partial charge in [-0.05, 0) is 34.8 Å². The van der Waals surface area contributed by atoms with Crippen molar-refractivity contribution < 1.29 is 8.98 Å². The van der Waals surface area contributed by atoms with Gasteiger partial charge in [-0.15, -0.1) is 0 Å². The molecule has 32 heavy (non-hydrogen) atoms. The van der Waals surface area contributed by atoms with Gasteiger partial charge >= 0.3 is 0 Å². The summed E-state index contributed by atoms with van der Waals surface area (Å²) in [6.45, 7) is 14.4. The van der Waals surface area contributed by atoms with Gasteiger partial charge in [0.05, 0.1) is 13.6 Å². The summed E-state index contributed by atoms with van der Waals surface area (Å²) in [6, 6.07) is 24.1. The van der Waals surface area contributed by atoms with Crippen LogP contribution in [-0.2, 0) is 7.05 Å². The molecule has 2 nitrogen and oxygen atoms in total. The Kier molecular flexibility index (Phi) is 4.61. The number of rotatable bonds is 2. The second kappa shape index (κ2) is 7.04. The minimum atomic E-state index is -1.79. The molecule has 3 heteroatoms. The lowest BCUT2D eigenvalue weighted by Crippen LogP contribution is -2.51. The Morgan fingerprint density at radius 1 is 0.812 bits per heavy atom. The van der Waals surface area contributed by atoms with E-state index in [1.165, 1.54) is 43.7 Å². The lowest BCUT2D eigenvalue weighted by atomic mass is 10.00.